The Bertz CT molecular complexity index is 4340. The highest BCUT2D eigenvalue weighted by molar-refractivity contribution is 7.89. The predicted octanol–water partition coefficient (Wildman–Crippen LogP) is 13.6. The lowest BCUT2D eigenvalue weighted by Crippen LogP contribution is -2.54. The van der Waals surface area contributed by atoms with Crippen LogP contribution >= 0.6 is 34.8 Å². The van der Waals surface area contributed by atoms with Crippen LogP contribution in [0.4, 0.5) is 16.2 Å². The van der Waals surface area contributed by atoms with Crippen molar-refractivity contribution in [2.75, 3.05) is 81.0 Å². The standard InChI is InChI=1S/C19H19ClN2O2S.C19H25N3O.C16H21ClN2O2S.C15H15ClN4O2/c20-15-12-18(17-6-9-21-19(17)13-15)14-7-10-22(11-8-14)25(23,24)16-4-2-1-3-5-16;1-14(23)21-8-10-22(11-9-21)19-13-16(15-4-2-3-5-15)12-18-17(19)6-7-20-18;1-2-9-22(20,21)19-7-4-12(5-8-19)15-10-13(17)11-16-14(15)3-6-18-16;16-9-7-11-10(1-4-17-11)12(8-9)20-5-2-15(3-6-20)13(21)18-14(22)19-15/h1-6,9,12-14,21H,7-8,10-11H2;6-7,12-13,15,20H,2-5,8-11H2,1H3;3,6,10-12,18H,2,4-5,7-9H2,1H3;1,4,7-8,17H,2-3,5-6H2,(H2,18,19,21,22). The largest absolute Gasteiger partial charge is 0.371 e. The molecule has 15 rings (SSSR count). The van der Waals surface area contributed by atoms with Crippen molar-refractivity contribution in [1.29, 1.82) is 0 Å². The first-order valence-corrected chi connectivity index (χ1v) is 36.4. The zero-order chi connectivity index (χ0) is 64.3. The minimum atomic E-state index is -3.41. The van der Waals surface area contributed by atoms with Gasteiger partial charge in [0.25, 0.3) is 5.91 Å². The van der Waals surface area contributed by atoms with E-state index in [4.69, 9.17) is 34.8 Å². The SMILES string of the molecule is CC(=O)N1CCN(c2cc(C3CCCC3)cc3[nH]ccc23)CC1.CCCS(=O)(=O)N1CCC(c2cc(Cl)cc3[nH]ccc23)CC1.O=C1NC(=O)C2(CCN(c3cc(Cl)cc4[nH]ccc34)CC2)N1.O=S(=O)(c1ccccc1)N1CCC(c2cc(Cl)cc3[nH]ccc23)CC1. The molecule has 6 fully saturated rings. The van der Waals surface area contributed by atoms with E-state index < -0.39 is 31.6 Å². The number of amides is 4. The second-order valence-corrected chi connectivity index (χ2v) is 30.5. The number of benzene rings is 5. The molecule has 9 aromatic rings. The van der Waals surface area contributed by atoms with E-state index >= 15 is 0 Å². The molecule has 23 heteroatoms. The highest BCUT2D eigenvalue weighted by atomic mass is 35.5. The average molecular weight is 1350 g/mol. The van der Waals surface area contributed by atoms with Crippen LogP contribution in [-0.2, 0) is 29.6 Å². The summed E-state index contributed by atoms with van der Waals surface area (Å²) in [6.07, 6.45) is 18.3. The number of halogens is 3. The van der Waals surface area contributed by atoms with Crippen molar-refractivity contribution in [3.05, 3.63) is 160 Å². The summed E-state index contributed by atoms with van der Waals surface area (Å²) in [5.41, 5.74) is 9.90. The number of carbonyl (C=O) groups is 3. The van der Waals surface area contributed by atoms with E-state index in [0.29, 0.717) is 85.3 Å². The van der Waals surface area contributed by atoms with Gasteiger partial charge in [0.15, 0.2) is 0 Å². The van der Waals surface area contributed by atoms with Gasteiger partial charge in [-0.05, 0) is 177 Å². The van der Waals surface area contributed by atoms with Crippen molar-refractivity contribution in [1.82, 2.24) is 44.1 Å². The molecule has 5 saturated heterocycles. The minimum absolute atomic E-state index is 0.191. The molecular formula is C69H80Cl3N11O7S2. The third-order valence-electron chi connectivity index (χ3n) is 19.5. The first-order chi connectivity index (χ1) is 44.4. The zero-order valence-electron chi connectivity index (χ0n) is 52.0. The molecule has 0 unspecified atom stereocenters. The summed E-state index contributed by atoms with van der Waals surface area (Å²) >= 11 is 18.7. The fourth-order valence-corrected chi connectivity index (χ4v) is 18.2. The van der Waals surface area contributed by atoms with E-state index in [1.165, 1.54) is 69.7 Å². The first kappa shape index (κ1) is 65.0. The first-order valence-electron chi connectivity index (χ1n) is 32.2. The molecule has 1 saturated carbocycles. The Morgan fingerprint density at radius 1 is 0.533 bits per heavy atom. The van der Waals surface area contributed by atoms with Gasteiger partial charge in [-0.2, -0.15) is 4.31 Å². The molecule has 1 spiro atoms. The van der Waals surface area contributed by atoms with Crippen LogP contribution in [0.15, 0.2) is 133 Å². The van der Waals surface area contributed by atoms with Gasteiger partial charge in [0.05, 0.1) is 10.6 Å². The van der Waals surface area contributed by atoms with E-state index in [-0.39, 0.29) is 17.6 Å². The van der Waals surface area contributed by atoms with Gasteiger partial charge in [-0.1, -0.05) is 72.8 Å². The second-order valence-electron chi connectivity index (χ2n) is 25.1. The Balaban J connectivity index is 0.000000118. The van der Waals surface area contributed by atoms with Crippen LogP contribution in [0, 0.1) is 0 Å². The molecule has 9 heterocycles. The minimum Gasteiger partial charge on any atom is -0.371 e. The summed E-state index contributed by atoms with van der Waals surface area (Å²) in [5.74, 6) is 1.63. The number of H-pyrrole nitrogens is 4. The van der Waals surface area contributed by atoms with Gasteiger partial charge in [-0.25, -0.2) is 25.9 Å². The fourth-order valence-electron chi connectivity index (χ4n) is 14.5. The smallest absolute Gasteiger partial charge is 0.322 e. The highest BCUT2D eigenvalue weighted by Crippen LogP contribution is 2.41. The molecule has 0 atom stereocenters. The monoisotopic (exact) mass is 1340 g/mol. The van der Waals surface area contributed by atoms with Gasteiger partial charge >= 0.3 is 6.03 Å². The molecular weight excluding hydrogens is 1270 g/mol. The number of nitrogens with one attached hydrogen (secondary N) is 6. The summed E-state index contributed by atoms with van der Waals surface area (Å²) in [6, 6.07) is 33.1. The van der Waals surface area contributed by atoms with Gasteiger partial charge in [-0.3, -0.25) is 14.9 Å². The second kappa shape index (κ2) is 27.9. The third kappa shape index (κ3) is 14.1. The molecule has 18 nitrogen and oxygen atoms in total. The van der Waals surface area contributed by atoms with Crippen LogP contribution < -0.4 is 20.4 Å². The van der Waals surface area contributed by atoms with Crippen molar-refractivity contribution in [3.63, 3.8) is 0 Å². The lowest BCUT2D eigenvalue weighted by atomic mass is 9.87. The van der Waals surface area contributed by atoms with E-state index in [0.717, 1.165) is 90.4 Å². The third-order valence-corrected chi connectivity index (χ3v) is 24.1. The molecule has 0 bridgehead atoms. The Morgan fingerprint density at radius 3 is 1.50 bits per heavy atom. The normalized spacial score (nSPS) is 18.8. The van der Waals surface area contributed by atoms with Gasteiger partial charge in [-0.15, -0.1) is 0 Å². The number of imide groups is 1. The molecule has 5 aromatic carbocycles. The maximum Gasteiger partial charge on any atom is 0.322 e. The number of nitrogens with zero attached hydrogens (tertiary/aromatic N) is 5. The number of aromatic nitrogens is 4. The van der Waals surface area contributed by atoms with Crippen molar-refractivity contribution in [2.24, 2.45) is 0 Å². The van der Waals surface area contributed by atoms with Gasteiger partial charge < -0.3 is 40.0 Å². The lowest BCUT2D eigenvalue weighted by Gasteiger charge is -2.38. The van der Waals surface area contributed by atoms with E-state index in [2.05, 4.69) is 70.7 Å². The number of sulfonamides is 2. The van der Waals surface area contributed by atoms with Crippen LogP contribution in [0.3, 0.4) is 0 Å². The summed E-state index contributed by atoms with van der Waals surface area (Å²) in [4.78, 5) is 54.9. The predicted molar refractivity (Wildman–Crippen MR) is 370 cm³/mol. The molecule has 6 aliphatic rings. The molecule has 6 N–H and O–H groups in total. The lowest BCUT2D eigenvalue weighted by molar-refractivity contribution is -0.129. The summed E-state index contributed by atoms with van der Waals surface area (Å²) in [6.45, 7) is 10.7. The molecule has 1 aliphatic carbocycles. The van der Waals surface area contributed by atoms with Gasteiger partial charge in [0.2, 0.25) is 26.0 Å². The number of piperidine rings is 3. The van der Waals surface area contributed by atoms with Crippen LogP contribution in [0.2, 0.25) is 15.1 Å². The van der Waals surface area contributed by atoms with Crippen molar-refractivity contribution >= 4 is 128 Å². The zero-order valence-corrected chi connectivity index (χ0v) is 55.9. The summed E-state index contributed by atoms with van der Waals surface area (Å²) in [5, 5.41) is 12.0. The Hall–Kier alpha value is -7.04. The summed E-state index contributed by atoms with van der Waals surface area (Å²) < 4.78 is 53.1. The molecule has 4 amide bonds. The van der Waals surface area contributed by atoms with Crippen LogP contribution in [-0.4, -0.2) is 145 Å². The van der Waals surface area contributed by atoms with Crippen LogP contribution in [0.25, 0.3) is 43.6 Å². The Kier molecular flexibility index (Phi) is 19.7. The Labute approximate surface area is 552 Å². The van der Waals surface area contributed by atoms with E-state index in [1.54, 1.807) is 39.8 Å². The molecule has 92 heavy (non-hydrogen) atoms. The quantitative estimate of drug-likeness (QED) is 0.0716. The average Bonchev–Trinajstić information content (AvgIpc) is 2.25. The number of hydrogen-bond acceptors (Lipinski definition) is 9. The Morgan fingerprint density at radius 2 is 1.00 bits per heavy atom. The summed E-state index contributed by atoms with van der Waals surface area (Å²) in [7, 11) is -6.48. The number of fused-ring (bicyclic) bond motifs is 4. The number of anilines is 2. The highest BCUT2D eigenvalue weighted by Gasteiger charge is 2.48. The number of carbonyl (C=O) groups excluding carboxylic acids is 3. The van der Waals surface area contributed by atoms with Crippen LogP contribution in [0.5, 0.6) is 0 Å². The maximum absolute atomic E-state index is 12.8. The maximum atomic E-state index is 12.8. The van der Waals surface area contributed by atoms with Gasteiger partial charge in [0.1, 0.15) is 5.54 Å². The number of piperazine rings is 1. The van der Waals surface area contributed by atoms with Crippen molar-refractivity contribution < 1.29 is 31.2 Å². The van der Waals surface area contributed by atoms with Crippen molar-refractivity contribution in [2.45, 2.75) is 113 Å². The van der Waals surface area contributed by atoms with E-state index in [1.807, 2.05) is 85.1 Å². The number of aromatic amines is 4. The molecule has 0 radical (unpaired) electrons. The number of urea groups is 1. The number of rotatable bonds is 10. The van der Waals surface area contributed by atoms with Gasteiger partial charge in [0, 0.05) is 167 Å². The molecule has 5 aliphatic heterocycles. The molecule has 486 valence electrons. The fraction of sp³-hybridized carbons (Fsp3) is 0.406. The topological polar surface area (TPSA) is 223 Å². The van der Waals surface area contributed by atoms with Crippen molar-refractivity contribution in [3.8, 4) is 0 Å². The number of hydrogen-bond donors (Lipinski definition) is 6. The molecule has 4 aromatic heterocycles. The van der Waals surface area contributed by atoms with Crippen LogP contribution in [0.1, 0.15) is 119 Å². The van der Waals surface area contributed by atoms with E-state index in [9.17, 15) is 31.2 Å².